The molecule has 0 aliphatic rings. The quantitative estimate of drug-likeness (QED) is 0.803. The highest BCUT2D eigenvalue weighted by Gasteiger charge is 2.03. The summed E-state index contributed by atoms with van der Waals surface area (Å²) in [6.45, 7) is 8.74. The maximum absolute atomic E-state index is 3.51. The molecule has 2 aromatic rings. The van der Waals surface area contributed by atoms with Crippen LogP contribution in [0.4, 0.5) is 0 Å². The lowest BCUT2D eigenvalue weighted by molar-refractivity contribution is 0.388. The van der Waals surface area contributed by atoms with Gasteiger partial charge in [0, 0.05) is 24.8 Å². The SMILES string of the molecule is CC(C)CNCc1ccc2c(ccn2CCCN(C)C)c1. The van der Waals surface area contributed by atoms with Crippen molar-refractivity contribution in [3.8, 4) is 0 Å². The van der Waals surface area contributed by atoms with Crippen LogP contribution in [0.2, 0.25) is 0 Å². The maximum Gasteiger partial charge on any atom is 0.0480 e. The van der Waals surface area contributed by atoms with E-state index in [4.69, 9.17) is 0 Å². The molecule has 0 aliphatic heterocycles. The molecule has 1 heterocycles. The first-order valence-corrected chi connectivity index (χ1v) is 7.99. The van der Waals surface area contributed by atoms with Crippen molar-refractivity contribution in [1.82, 2.24) is 14.8 Å². The topological polar surface area (TPSA) is 20.2 Å². The fourth-order valence-corrected chi connectivity index (χ4v) is 2.62. The van der Waals surface area contributed by atoms with Gasteiger partial charge in [-0.2, -0.15) is 0 Å². The van der Waals surface area contributed by atoms with E-state index < -0.39 is 0 Å². The highest BCUT2D eigenvalue weighted by Crippen LogP contribution is 2.18. The summed E-state index contributed by atoms with van der Waals surface area (Å²) in [6, 6.07) is 9.05. The van der Waals surface area contributed by atoms with Gasteiger partial charge in [0.25, 0.3) is 0 Å². The summed E-state index contributed by atoms with van der Waals surface area (Å²) in [5.41, 5.74) is 2.72. The van der Waals surface area contributed by atoms with Crippen LogP contribution in [-0.2, 0) is 13.1 Å². The molecule has 3 heteroatoms. The van der Waals surface area contributed by atoms with Crippen LogP contribution in [0.25, 0.3) is 10.9 Å². The minimum absolute atomic E-state index is 0.700. The van der Waals surface area contributed by atoms with Crippen molar-refractivity contribution in [1.29, 1.82) is 0 Å². The van der Waals surface area contributed by atoms with Gasteiger partial charge in [0.2, 0.25) is 0 Å². The van der Waals surface area contributed by atoms with Crippen molar-refractivity contribution < 1.29 is 0 Å². The number of rotatable bonds is 8. The number of aryl methyl sites for hydroxylation is 1. The Kier molecular flexibility index (Phi) is 5.83. The molecule has 0 saturated carbocycles. The molecule has 0 bridgehead atoms. The lowest BCUT2D eigenvalue weighted by atomic mass is 10.1. The Hall–Kier alpha value is -1.32. The Bertz CT molecular complexity index is 555. The number of fused-ring (bicyclic) bond motifs is 1. The van der Waals surface area contributed by atoms with Gasteiger partial charge in [-0.25, -0.2) is 0 Å². The van der Waals surface area contributed by atoms with Crippen molar-refractivity contribution in [2.75, 3.05) is 27.2 Å². The number of nitrogens with zero attached hydrogens (tertiary/aromatic N) is 2. The summed E-state index contributed by atoms with van der Waals surface area (Å²) >= 11 is 0. The highest BCUT2D eigenvalue weighted by atomic mass is 15.1. The molecule has 0 aliphatic carbocycles. The first kappa shape index (κ1) is 16.1. The molecule has 0 spiro atoms. The molecule has 2 rings (SSSR count). The monoisotopic (exact) mass is 287 g/mol. The van der Waals surface area contributed by atoms with E-state index in [2.05, 4.69) is 73.2 Å². The van der Waals surface area contributed by atoms with E-state index in [-0.39, 0.29) is 0 Å². The van der Waals surface area contributed by atoms with Gasteiger partial charge in [-0.15, -0.1) is 0 Å². The van der Waals surface area contributed by atoms with E-state index in [1.54, 1.807) is 0 Å². The molecule has 0 radical (unpaired) electrons. The number of hydrogen-bond donors (Lipinski definition) is 1. The predicted octanol–water partition coefficient (Wildman–Crippen LogP) is 3.34. The molecule has 0 atom stereocenters. The standard InChI is InChI=1S/C18H29N3/c1-15(2)13-19-14-16-6-7-18-17(12-16)8-11-21(18)10-5-9-20(3)4/h6-8,11-12,15,19H,5,9-10,13-14H2,1-4H3. The molecule has 1 N–H and O–H groups in total. The largest absolute Gasteiger partial charge is 0.347 e. The Morgan fingerprint density at radius 2 is 2.00 bits per heavy atom. The van der Waals surface area contributed by atoms with Crippen molar-refractivity contribution >= 4 is 10.9 Å². The Morgan fingerprint density at radius 1 is 1.19 bits per heavy atom. The van der Waals surface area contributed by atoms with Gasteiger partial charge in [-0.3, -0.25) is 0 Å². The van der Waals surface area contributed by atoms with Gasteiger partial charge in [0.1, 0.15) is 0 Å². The average Bonchev–Trinajstić information content (AvgIpc) is 2.81. The van der Waals surface area contributed by atoms with Crippen molar-refractivity contribution in [2.24, 2.45) is 5.92 Å². The molecular weight excluding hydrogens is 258 g/mol. The van der Waals surface area contributed by atoms with Crippen LogP contribution >= 0.6 is 0 Å². The first-order valence-electron chi connectivity index (χ1n) is 7.99. The van der Waals surface area contributed by atoms with E-state index in [1.807, 2.05) is 0 Å². The van der Waals surface area contributed by atoms with E-state index in [9.17, 15) is 0 Å². The summed E-state index contributed by atoms with van der Waals surface area (Å²) in [5, 5.41) is 4.86. The second kappa shape index (κ2) is 7.62. The van der Waals surface area contributed by atoms with Gasteiger partial charge >= 0.3 is 0 Å². The van der Waals surface area contributed by atoms with Crippen LogP contribution in [-0.4, -0.2) is 36.7 Å². The van der Waals surface area contributed by atoms with Crippen LogP contribution < -0.4 is 5.32 Å². The molecule has 3 nitrogen and oxygen atoms in total. The number of nitrogens with one attached hydrogen (secondary N) is 1. The number of benzene rings is 1. The lowest BCUT2D eigenvalue weighted by Gasteiger charge is -2.11. The van der Waals surface area contributed by atoms with Crippen molar-refractivity contribution in [3.63, 3.8) is 0 Å². The van der Waals surface area contributed by atoms with Crippen LogP contribution in [0.5, 0.6) is 0 Å². The van der Waals surface area contributed by atoms with E-state index in [0.29, 0.717) is 5.92 Å². The maximum atomic E-state index is 3.51. The van der Waals surface area contributed by atoms with E-state index >= 15 is 0 Å². The zero-order valence-corrected chi connectivity index (χ0v) is 13.9. The van der Waals surface area contributed by atoms with Gasteiger partial charge in [-0.05, 0) is 68.7 Å². The minimum Gasteiger partial charge on any atom is -0.347 e. The fraction of sp³-hybridized carbons (Fsp3) is 0.556. The van der Waals surface area contributed by atoms with Crippen molar-refractivity contribution in [2.45, 2.75) is 33.4 Å². The van der Waals surface area contributed by atoms with Gasteiger partial charge < -0.3 is 14.8 Å². The molecule has 1 aromatic heterocycles. The molecule has 1 aromatic carbocycles. The van der Waals surface area contributed by atoms with Gasteiger partial charge in [0.05, 0.1) is 0 Å². The van der Waals surface area contributed by atoms with Crippen molar-refractivity contribution in [3.05, 3.63) is 36.0 Å². The fourth-order valence-electron chi connectivity index (χ4n) is 2.62. The summed E-state index contributed by atoms with van der Waals surface area (Å²) < 4.78 is 2.37. The summed E-state index contributed by atoms with van der Waals surface area (Å²) in [4.78, 5) is 2.24. The lowest BCUT2D eigenvalue weighted by Crippen LogP contribution is -2.18. The number of hydrogen-bond acceptors (Lipinski definition) is 2. The van der Waals surface area contributed by atoms with Crippen LogP contribution in [0, 0.1) is 5.92 Å². The molecule has 21 heavy (non-hydrogen) atoms. The molecule has 0 unspecified atom stereocenters. The van der Waals surface area contributed by atoms with E-state index in [1.165, 1.54) is 22.9 Å². The molecule has 0 saturated heterocycles. The zero-order chi connectivity index (χ0) is 15.2. The third-order valence-corrected chi connectivity index (χ3v) is 3.72. The first-order chi connectivity index (χ1) is 10.1. The Balaban J connectivity index is 1.98. The normalized spacial score (nSPS) is 11.9. The van der Waals surface area contributed by atoms with Crippen LogP contribution in [0.15, 0.2) is 30.5 Å². The minimum atomic E-state index is 0.700. The molecule has 0 fully saturated rings. The third kappa shape index (κ3) is 4.87. The third-order valence-electron chi connectivity index (χ3n) is 3.72. The second-order valence-electron chi connectivity index (χ2n) is 6.58. The Morgan fingerprint density at radius 3 is 2.71 bits per heavy atom. The predicted molar refractivity (Wildman–Crippen MR) is 91.7 cm³/mol. The summed E-state index contributed by atoms with van der Waals surface area (Å²) in [5.74, 6) is 0.700. The van der Waals surface area contributed by atoms with E-state index in [0.717, 1.165) is 26.2 Å². The average molecular weight is 287 g/mol. The molecule has 116 valence electrons. The van der Waals surface area contributed by atoms with Crippen LogP contribution in [0.1, 0.15) is 25.8 Å². The molecule has 0 amide bonds. The number of aromatic nitrogens is 1. The second-order valence-corrected chi connectivity index (χ2v) is 6.58. The smallest absolute Gasteiger partial charge is 0.0480 e. The van der Waals surface area contributed by atoms with Gasteiger partial charge in [0.15, 0.2) is 0 Å². The Labute approximate surface area is 128 Å². The highest BCUT2D eigenvalue weighted by molar-refractivity contribution is 5.80. The van der Waals surface area contributed by atoms with Crippen LogP contribution in [0.3, 0.4) is 0 Å². The summed E-state index contributed by atoms with van der Waals surface area (Å²) in [7, 11) is 4.26. The zero-order valence-electron chi connectivity index (χ0n) is 13.9. The van der Waals surface area contributed by atoms with Gasteiger partial charge in [-0.1, -0.05) is 19.9 Å². The summed E-state index contributed by atoms with van der Waals surface area (Å²) in [6.07, 6.45) is 3.40. The molecular formula is C18H29N3.